The first-order chi connectivity index (χ1) is 17.5. The molecule has 0 spiro atoms. The average Bonchev–Trinajstić information content (AvgIpc) is 3.38. The molecule has 0 saturated carbocycles. The second-order valence-corrected chi connectivity index (χ2v) is 10.2. The van der Waals surface area contributed by atoms with E-state index in [1.165, 1.54) is 0 Å². The van der Waals surface area contributed by atoms with Crippen LogP contribution in [0.1, 0.15) is 35.4 Å². The smallest absolute Gasteiger partial charge is 0.191 e. The minimum absolute atomic E-state index is 0. The van der Waals surface area contributed by atoms with E-state index in [4.69, 9.17) is 9.26 Å². The number of phenolic OH excluding ortho intramolecular Hbond substituents is 1. The maximum atomic E-state index is 12.0. The van der Waals surface area contributed by atoms with Gasteiger partial charge < -0.3 is 40.9 Å². The van der Waals surface area contributed by atoms with Crippen LogP contribution >= 0.6 is 0 Å². The van der Waals surface area contributed by atoms with Crippen LogP contribution in [0, 0.1) is 5.92 Å². The summed E-state index contributed by atoms with van der Waals surface area (Å²) < 4.78 is 13.1. The van der Waals surface area contributed by atoms with Crippen molar-refractivity contribution in [2.75, 3.05) is 19.6 Å². The molecule has 3 fully saturated rings. The van der Waals surface area contributed by atoms with Gasteiger partial charge in [0, 0.05) is 30.9 Å². The number of halogens is 1. The normalized spacial score (nSPS) is 22.8. The van der Waals surface area contributed by atoms with E-state index < -0.39 is 5.60 Å². The van der Waals surface area contributed by atoms with Gasteiger partial charge in [-0.25, -0.2) is 0 Å². The number of hydrogen-bond acceptors (Lipinski definition) is 5. The number of fused-ring (bicyclic) bond motifs is 3. The molecule has 2 bridgehead atoms. The number of aliphatic hydroxyl groups is 1. The Labute approximate surface area is 227 Å². The summed E-state index contributed by atoms with van der Waals surface area (Å²) in [4.78, 5) is 0. The van der Waals surface area contributed by atoms with Gasteiger partial charge in [0.15, 0.2) is 17.5 Å². The van der Waals surface area contributed by atoms with Gasteiger partial charge in [-0.1, -0.05) is 71.9 Å². The molecule has 3 aromatic carbocycles. The molecule has 1 atom stereocenters. The molecule has 7 rings (SSSR count). The zero-order valence-electron chi connectivity index (χ0n) is 20.5. The van der Waals surface area contributed by atoms with E-state index in [0.717, 1.165) is 53.8 Å². The van der Waals surface area contributed by atoms with Crippen LogP contribution in [0.3, 0.4) is 0 Å². The topological polar surface area (TPSA) is 75.7 Å². The fourth-order valence-electron chi connectivity index (χ4n) is 6.02. The summed E-state index contributed by atoms with van der Waals surface area (Å²) >= 11 is 0. The van der Waals surface area contributed by atoms with Gasteiger partial charge in [-0.05, 0) is 23.3 Å². The molecule has 0 amide bonds. The first kappa shape index (κ1) is 25.5. The maximum Gasteiger partial charge on any atom is 0.191 e. The van der Waals surface area contributed by atoms with Gasteiger partial charge >= 0.3 is 0 Å². The van der Waals surface area contributed by atoms with E-state index in [0.29, 0.717) is 23.9 Å². The van der Waals surface area contributed by atoms with Gasteiger partial charge in [0.2, 0.25) is 0 Å². The maximum absolute atomic E-state index is 12.0. The summed E-state index contributed by atoms with van der Waals surface area (Å²) in [6.07, 6.45) is 2.30. The number of hydrogen-bond donors (Lipinski definition) is 2. The molecule has 37 heavy (non-hydrogen) atoms. The first-order valence-electron chi connectivity index (χ1n) is 12.6. The number of quaternary nitrogens is 1. The monoisotopic (exact) mass is 562 g/mol. The molecule has 4 aromatic rings. The zero-order chi connectivity index (χ0) is 24.6. The molecule has 2 N–H and O–H groups in total. The van der Waals surface area contributed by atoms with Crippen molar-refractivity contribution in [3.63, 3.8) is 0 Å². The van der Waals surface area contributed by atoms with Gasteiger partial charge in [0.25, 0.3) is 0 Å². The number of ether oxygens (including phenoxy) is 1. The average molecular weight is 563 g/mol. The van der Waals surface area contributed by atoms with Crippen LogP contribution in [0.25, 0.3) is 0 Å². The van der Waals surface area contributed by atoms with E-state index in [1.807, 2.05) is 78.9 Å². The van der Waals surface area contributed by atoms with Crippen LogP contribution in [-0.4, -0.2) is 45.6 Å². The van der Waals surface area contributed by atoms with Crippen LogP contribution in [0.4, 0.5) is 0 Å². The molecule has 3 aliphatic heterocycles. The van der Waals surface area contributed by atoms with Crippen molar-refractivity contribution in [2.24, 2.45) is 5.92 Å². The van der Waals surface area contributed by atoms with Crippen molar-refractivity contribution in [1.82, 2.24) is 5.16 Å². The Kier molecular flexibility index (Phi) is 7.12. The molecular formula is C30H31BrN2O4. The lowest BCUT2D eigenvalue weighted by molar-refractivity contribution is -0.959. The Morgan fingerprint density at radius 3 is 2.16 bits per heavy atom. The molecule has 3 aliphatic rings. The SMILES string of the molecule is Oc1cccc(O[C@H]2C[N+]3(Cc4cc(C(O)(c5ccccc5)c5ccccc5)no4)CCC2CC3)c1.[Br-]. The number of aromatic nitrogens is 1. The summed E-state index contributed by atoms with van der Waals surface area (Å²) in [6, 6.07) is 28.2. The van der Waals surface area contributed by atoms with Crippen molar-refractivity contribution in [3.05, 3.63) is 114 Å². The number of aromatic hydroxyl groups is 1. The zero-order valence-corrected chi connectivity index (χ0v) is 22.1. The predicted octanol–water partition coefficient (Wildman–Crippen LogP) is 1.86. The summed E-state index contributed by atoms with van der Waals surface area (Å²) in [5, 5.41) is 26.3. The lowest BCUT2D eigenvalue weighted by atomic mass is 9.82. The molecule has 7 heteroatoms. The highest BCUT2D eigenvalue weighted by Crippen LogP contribution is 2.40. The molecule has 192 valence electrons. The highest BCUT2D eigenvalue weighted by Gasteiger charge is 2.48. The van der Waals surface area contributed by atoms with E-state index in [2.05, 4.69) is 5.16 Å². The van der Waals surface area contributed by atoms with Crippen molar-refractivity contribution in [1.29, 1.82) is 0 Å². The van der Waals surface area contributed by atoms with Gasteiger partial charge in [-0.3, -0.25) is 0 Å². The lowest BCUT2D eigenvalue weighted by Crippen LogP contribution is -3.00. The summed E-state index contributed by atoms with van der Waals surface area (Å²) in [7, 11) is 0. The number of nitrogens with zero attached hydrogens (tertiary/aromatic N) is 2. The third-order valence-corrected chi connectivity index (χ3v) is 7.95. The largest absolute Gasteiger partial charge is 1.00 e. The molecule has 4 heterocycles. The van der Waals surface area contributed by atoms with Crippen molar-refractivity contribution in [3.8, 4) is 11.5 Å². The van der Waals surface area contributed by atoms with Crippen LogP contribution < -0.4 is 21.7 Å². The van der Waals surface area contributed by atoms with E-state index in [-0.39, 0.29) is 28.8 Å². The third kappa shape index (κ3) is 4.91. The molecular weight excluding hydrogens is 532 g/mol. The van der Waals surface area contributed by atoms with Crippen LogP contribution in [0.2, 0.25) is 0 Å². The number of benzene rings is 3. The standard InChI is InChI=1S/C30H30N2O4.BrH/c33-25-12-7-13-26(18-25)35-28-21-32(16-14-22(28)15-17-32)20-27-19-29(31-36-27)30(34,23-8-3-1-4-9-23)24-10-5-2-6-11-24;/h1-13,18-19,22,28,34H,14-17,20-21H2;1H/t22?,28-,32?;/m0./s1. The number of rotatable bonds is 7. The summed E-state index contributed by atoms with van der Waals surface area (Å²) in [6.45, 7) is 3.74. The Hall–Kier alpha value is -3.13. The van der Waals surface area contributed by atoms with Crippen molar-refractivity contribution >= 4 is 0 Å². The highest BCUT2D eigenvalue weighted by molar-refractivity contribution is 5.44. The predicted molar refractivity (Wildman–Crippen MR) is 135 cm³/mol. The van der Waals surface area contributed by atoms with Gasteiger partial charge in [-0.2, -0.15) is 0 Å². The van der Waals surface area contributed by atoms with E-state index in [1.54, 1.807) is 12.1 Å². The Morgan fingerprint density at radius 2 is 1.54 bits per heavy atom. The lowest BCUT2D eigenvalue weighted by Gasteiger charge is -2.51. The number of piperidine rings is 3. The second-order valence-electron chi connectivity index (χ2n) is 10.2. The molecule has 0 unspecified atom stereocenters. The van der Waals surface area contributed by atoms with E-state index in [9.17, 15) is 10.2 Å². The minimum Gasteiger partial charge on any atom is -1.00 e. The van der Waals surface area contributed by atoms with Crippen LogP contribution in [0.5, 0.6) is 11.5 Å². The molecule has 6 nitrogen and oxygen atoms in total. The highest BCUT2D eigenvalue weighted by atomic mass is 79.9. The summed E-state index contributed by atoms with van der Waals surface area (Å²) in [5.41, 5.74) is 0.593. The molecule has 0 radical (unpaired) electrons. The van der Waals surface area contributed by atoms with Crippen molar-refractivity contribution in [2.45, 2.75) is 31.1 Å². The molecule has 1 aromatic heterocycles. The fraction of sp³-hybridized carbons (Fsp3) is 0.300. The fourth-order valence-corrected chi connectivity index (χ4v) is 6.02. The van der Waals surface area contributed by atoms with E-state index >= 15 is 0 Å². The Bertz CT molecular complexity index is 1280. The Balaban J connectivity index is 0.00000280. The second kappa shape index (κ2) is 10.3. The summed E-state index contributed by atoms with van der Waals surface area (Å²) in [5.74, 6) is 2.23. The van der Waals surface area contributed by atoms with Crippen LogP contribution in [-0.2, 0) is 12.1 Å². The first-order valence-corrected chi connectivity index (χ1v) is 12.6. The molecule has 0 aliphatic carbocycles. The van der Waals surface area contributed by atoms with Gasteiger partial charge in [0.05, 0.1) is 13.1 Å². The quantitative estimate of drug-likeness (QED) is 0.336. The van der Waals surface area contributed by atoms with Crippen LogP contribution in [0.15, 0.2) is 95.5 Å². The van der Waals surface area contributed by atoms with Gasteiger partial charge in [0.1, 0.15) is 30.3 Å². The minimum atomic E-state index is -1.40. The number of phenols is 1. The Morgan fingerprint density at radius 1 is 0.892 bits per heavy atom. The molecule has 3 saturated heterocycles. The van der Waals surface area contributed by atoms with Crippen molar-refractivity contribution < 1.29 is 40.9 Å². The third-order valence-electron chi connectivity index (χ3n) is 7.95. The van der Waals surface area contributed by atoms with Gasteiger partial charge in [-0.15, -0.1) is 0 Å².